The fourth-order valence-electron chi connectivity index (χ4n) is 2.08. The predicted molar refractivity (Wildman–Crippen MR) is 87.6 cm³/mol. The van der Waals surface area contributed by atoms with Gasteiger partial charge in [0.1, 0.15) is 5.69 Å². The van der Waals surface area contributed by atoms with Gasteiger partial charge in [0.15, 0.2) is 5.15 Å². The molecule has 1 aromatic carbocycles. The smallest absolute Gasteiger partial charge is 0.177 e. The molecular weight excluding hydrogens is 296 g/mol. The van der Waals surface area contributed by atoms with Crippen molar-refractivity contribution >= 4 is 23.0 Å². The summed E-state index contributed by atoms with van der Waals surface area (Å²) in [4.78, 5) is 8.73. The third-order valence-electron chi connectivity index (χ3n) is 3.14. The molecule has 0 aliphatic carbocycles. The van der Waals surface area contributed by atoms with Gasteiger partial charge in [-0.25, -0.2) is 4.99 Å². The van der Waals surface area contributed by atoms with Crippen LogP contribution in [0.25, 0.3) is 0 Å². The monoisotopic (exact) mass is 308 g/mol. The molecule has 0 amide bonds. The number of nitrogens with zero attached hydrogens (tertiary/aromatic N) is 4. The maximum atomic E-state index is 6.07. The Bertz CT molecular complexity index is 773. The van der Waals surface area contributed by atoms with Crippen LogP contribution in [0.2, 0.25) is 5.15 Å². The highest BCUT2D eigenvalue weighted by Gasteiger charge is 2.07. The first-order chi connectivity index (χ1) is 10.8. The minimum Gasteiger partial charge on any atom is -0.265 e. The number of benzene rings is 1. The summed E-state index contributed by atoms with van der Waals surface area (Å²) in [6, 6.07) is 15.8. The van der Waals surface area contributed by atoms with E-state index in [4.69, 9.17) is 11.6 Å². The maximum absolute atomic E-state index is 6.07. The molecule has 3 rings (SSSR count). The van der Waals surface area contributed by atoms with Crippen LogP contribution in [0.1, 0.15) is 11.1 Å². The SMILES string of the molecule is Clc1nnccc1/N=C(/Cc1ccccc1)c1ccncc1. The summed E-state index contributed by atoms with van der Waals surface area (Å²) in [5.74, 6) is 0. The first kappa shape index (κ1) is 14.4. The van der Waals surface area contributed by atoms with E-state index >= 15 is 0 Å². The minimum atomic E-state index is 0.294. The molecule has 108 valence electrons. The lowest BCUT2D eigenvalue weighted by atomic mass is 10.0. The van der Waals surface area contributed by atoms with E-state index in [1.807, 2.05) is 30.3 Å². The average Bonchev–Trinajstić information content (AvgIpc) is 2.58. The molecule has 0 bridgehead atoms. The number of halogens is 1. The van der Waals surface area contributed by atoms with Gasteiger partial charge in [-0.1, -0.05) is 41.9 Å². The van der Waals surface area contributed by atoms with E-state index in [0.717, 1.165) is 11.3 Å². The normalized spacial score (nSPS) is 11.4. The van der Waals surface area contributed by atoms with Crippen molar-refractivity contribution in [3.8, 4) is 0 Å². The van der Waals surface area contributed by atoms with Gasteiger partial charge in [0.25, 0.3) is 0 Å². The van der Waals surface area contributed by atoms with Gasteiger partial charge in [-0.15, -0.1) is 5.10 Å². The number of aromatic nitrogens is 3. The Labute approximate surface area is 133 Å². The van der Waals surface area contributed by atoms with Crippen molar-refractivity contribution in [2.75, 3.05) is 0 Å². The Morgan fingerprint density at radius 2 is 1.73 bits per heavy atom. The van der Waals surface area contributed by atoms with Crippen LogP contribution < -0.4 is 0 Å². The second kappa shape index (κ2) is 6.91. The van der Waals surface area contributed by atoms with Crippen molar-refractivity contribution < 1.29 is 0 Å². The summed E-state index contributed by atoms with van der Waals surface area (Å²) >= 11 is 6.07. The van der Waals surface area contributed by atoms with Gasteiger partial charge in [0.2, 0.25) is 0 Å². The van der Waals surface area contributed by atoms with Gasteiger partial charge in [0, 0.05) is 18.8 Å². The van der Waals surface area contributed by atoms with E-state index in [9.17, 15) is 0 Å². The molecule has 2 aromatic heterocycles. The van der Waals surface area contributed by atoms with Crippen molar-refractivity contribution in [3.05, 3.63) is 83.4 Å². The van der Waals surface area contributed by atoms with E-state index in [-0.39, 0.29) is 0 Å². The molecule has 0 N–H and O–H groups in total. The highest BCUT2D eigenvalue weighted by atomic mass is 35.5. The van der Waals surface area contributed by atoms with Crippen molar-refractivity contribution in [2.24, 2.45) is 4.99 Å². The Balaban J connectivity index is 2.02. The van der Waals surface area contributed by atoms with Crippen LogP contribution in [-0.2, 0) is 6.42 Å². The molecule has 4 nitrogen and oxygen atoms in total. The Hall–Kier alpha value is -2.59. The van der Waals surface area contributed by atoms with Gasteiger partial charge < -0.3 is 0 Å². The summed E-state index contributed by atoms with van der Waals surface area (Å²) in [6.07, 6.45) is 5.78. The quantitative estimate of drug-likeness (QED) is 0.687. The molecule has 0 saturated carbocycles. The van der Waals surface area contributed by atoms with Crippen LogP contribution in [0.15, 0.2) is 72.1 Å². The second-order valence-corrected chi connectivity index (χ2v) is 5.02. The summed E-state index contributed by atoms with van der Waals surface area (Å²) in [7, 11) is 0. The molecule has 0 aliphatic rings. The van der Waals surface area contributed by atoms with E-state index in [0.29, 0.717) is 17.3 Å². The van der Waals surface area contributed by atoms with Crippen LogP contribution in [0.5, 0.6) is 0 Å². The Morgan fingerprint density at radius 3 is 2.45 bits per heavy atom. The standard InChI is InChI=1S/C17H13ClN4/c18-17-15(8-11-20-22-17)21-16(14-6-9-19-10-7-14)12-13-4-2-1-3-5-13/h1-11H,12H2/b21-16-. The molecule has 0 aliphatic heterocycles. The highest BCUT2D eigenvalue weighted by molar-refractivity contribution is 6.31. The first-order valence-corrected chi connectivity index (χ1v) is 7.20. The number of pyridine rings is 1. The molecule has 5 heteroatoms. The Morgan fingerprint density at radius 1 is 0.955 bits per heavy atom. The lowest BCUT2D eigenvalue weighted by Gasteiger charge is -2.08. The van der Waals surface area contributed by atoms with Crippen LogP contribution in [0.4, 0.5) is 5.69 Å². The first-order valence-electron chi connectivity index (χ1n) is 6.82. The van der Waals surface area contributed by atoms with Gasteiger partial charge in [-0.3, -0.25) is 4.98 Å². The van der Waals surface area contributed by atoms with Crippen molar-refractivity contribution in [1.29, 1.82) is 0 Å². The minimum absolute atomic E-state index is 0.294. The summed E-state index contributed by atoms with van der Waals surface area (Å²) in [6.45, 7) is 0. The highest BCUT2D eigenvalue weighted by Crippen LogP contribution is 2.22. The summed E-state index contributed by atoms with van der Waals surface area (Å²) in [5.41, 5.74) is 3.70. The second-order valence-electron chi connectivity index (χ2n) is 4.66. The number of hydrogen-bond acceptors (Lipinski definition) is 4. The zero-order valence-corrected chi connectivity index (χ0v) is 12.5. The largest absolute Gasteiger partial charge is 0.265 e. The third kappa shape index (κ3) is 3.54. The number of rotatable bonds is 4. The molecule has 0 radical (unpaired) electrons. The lowest BCUT2D eigenvalue weighted by molar-refractivity contribution is 1.03. The average molecular weight is 309 g/mol. The van der Waals surface area contributed by atoms with Crippen molar-refractivity contribution in [1.82, 2.24) is 15.2 Å². The van der Waals surface area contributed by atoms with Gasteiger partial charge in [-0.2, -0.15) is 5.10 Å². The lowest BCUT2D eigenvalue weighted by Crippen LogP contribution is -2.05. The molecule has 0 spiro atoms. The zero-order chi connectivity index (χ0) is 15.2. The molecule has 0 saturated heterocycles. The van der Waals surface area contributed by atoms with Crippen LogP contribution in [0.3, 0.4) is 0 Å². The van der Waals surface area contributed by atoms with Gasteiger partial charge in [-0.05, 0) is 29.3 Å². The van der Waals surface area contributed by atoms with E-state index in [2.05, 4.69) is 32.3 Å². The molecule has 2 heterocycles. The van der Waals surface area contributed by atoms with Crippen molar-refractivity contribution in [2.45, 2.75) is 6.42 Å². The molecule has 22 heavy (non-hydrogen) atoms. The van der Waals surface area contributed by atoms with Gasteiger partial charge in [0.05, 0.1) is 11.9 Å². The fraction of sp³-hybridized carbons (Fsp3) is 0.0588. The molecule has 3 aromatic rings. The fourth-order valence-corrected chi connectivity index (χ4v) is 2.23. The third-order valence-corrected chi connectivity index (χ3v) is 3.41. The van der Waals surface area contributed by atoms with Crippen LogP contribution in [0, 0.1) is 0 Å². The molecule has 0 fully saturated rings. The van der Waals surface area contributed by atoms with E-state index in [1.165, 1.54) is 5.56 Å². The Kier molecular flexibility index (Phi) is 4.51. The molecule has 0 unspecified atom stereocenters. The topological polar surface area (TPSA) is 51.0 Å². The summed E-state index contributed by atoms with van der Waals surface area (Å²) < 4.78 is 0. The van der Waals surface area contributed by atoms with Crippen LogP contribution in [-0.4, -0.2) is 20.9 Å². The zero-order valence-electron chi connectivity index (χ0n) is 11.7. The molecule has 0 atom stereocenters. The number of aliphatic imine (C=N–C) groups is 1. The maximum Gasteiger partial charge on any atom is 0.177 e. The predicted octanol–water partition coefficient (Wildman–Crippen LogP) is 3.89. The summed E-state index contributed by atoms with van der Waals surface area (Å²) in [5, 5.41) is 7.87. The van der Waals surface area contributed by atoms with Crippen LogP contribution >= 0.6 is 11.6 Å². The van der Waals surface area contributed by atoms with E-state index in [1.54, 1.807) is 24.7 Å². The van der Waals surface area contributed by atoms with Crippen molar-refractivity contribution in [3.63, 3.8) is 0 Å². The number of hydrogen-bond donors (Lipinski definition) is 0. The molecular formula is C17H13ClN4. The van der Waals surface area contributed by atoms with Gasteiger partial charge >= 0.3 is 0 Å². The van der Waals surface area contributed by atoms with E-state index < -0.39 is 0 Å².